The average Bonchev–Trinajstić information content (AvgIpc) is 2.68. The van der Waals surface area contributed by atoms with E-state index >= 15 is 0 Å². The lowest BCUT2D eigenvalue weighted by Crippen LogP contribution is -1.91. The minimum atomic E-state index is -0.952. The molecular weight excluding hydrogens is 364 g/mol. The fourth-order valence-electron chi connectivity index (χ4n) is 3.34. The summed E-state index contributed by atoms with van der Waals surface area (Å²) in [5.41, 5.74) is 2.48. The molecule has 0 aromatic heterocycles. The fourth-order valence-corrected chi connectivity index (χ4v) is 3.34. The molecule has 0 aliphatic heterocycles. The SMILES string of the molecule is CCc1ccc(-c2ccc(-c3ccc4cc(F)c(F)cc4c3)c(F)c2)c(F)c1. The van der Waals surface area contributed by atoms with E-state index in [1.165, 1.54) is 12.1 Å². The van der Waals surface area contributed by atoms with Gasteiger partial charge in [-0.05, 0) is 64.2 Å². The highest BCUT2D eigenvalue weighted by Gasteiger charge is 2.12. The van der Waals surface area contributed by atoms with E-state index in [9.17, 15) is 17.6 Å². The van der Waals surface area contributed by atoms with Gasteiger partial charge in [-0.3, -0.25) is 0 Å². The standard InChI is InChI=1S/C24H16F4/c1-2-14-3-7-19(21(25)9-14)17-6-8-20(22(26)12-17)16-5-4-15-11-23(27)24(28)13-18(15)10-16/h3-13H,2H2,1H3. The number of aryl methyl sites for hydroxylation is 1. The molecule has 0 unspecified atom stereocenters. The van der Waals surface area contributed by atoms with Gasteiger partial charge < -0.3 is 0 Å². The van der Waals surface area contributed by atoms with E-state index < -0.39 is 23.3 Å². The third-order valence-corrected chi connectivity index (χ3v) is 4.91. The topological polar surface area (TPSA) is 0 Å². The molecule has 28 heavy (non-hydrogen) atoms. The average molecular weight is 380 g/mol. The third-order valence-electron chi connectivity index (χ3n) is 4.91. The van der Waals surface area contributed by atoms with Crippen LogP contribution in [0.3, 0.4) is 0 Å². The van der Waals surface area contributed by atoms with Crippen LogP contribution in [-0.4, -0.2) is 0 Å². The summed E-state index contributed by atoms with van der Waals surface area (Å²) in [6.07, 6.45) is 0.719. The highest BCUT2D eigenvalue weighted by Crippen LogP contribution is 2.32. The van der Waals surface area contributed by atoms with Crippen molar-refractivity contribution in [2.75, 3.05) is 0 Å². The molecule has 140 valence electrons. The molecule has 0 amide bonds. The van der Waals surface area contributed by atoms with Crippen LogP contribution in [0.5, 0.6) is 0 Å². The van der Waals surface area contributed by atoms with Gasteiger partial charge in [0.2, 0.25) is 0 Å². The van der Waals surface area contributed by atoms with Gasteiger partial charge in [0.05, 0.1) is 0 Å². The van der Waals surface area contributed by atoms with Crippen LogP contribution in [0.25, 0.3) is 33.0 Å². The molecule has 4 heteroatoms. The number of hydrogen-bond acceptors (Lipinski definition) is 0. The number of hydrogen-bond donors (Lipinski definition) is 0. The molecule has 0 aliphatic carbocycles. The second kappa shape index (κ2) is 7.12. The van der Waals surface area contributed by atoms with Gasteiger partial charge in [-0.1, -0.05) is 43.3 Å². The molecule has 4 aromatic rings. The first-order chi connectivity index (χ1) is 13.5. The van der Waals surface area contributed by atoms with Gasteiger partial charge in [-0.25, -0.2) is 17.6 Å². The minimum absolute atomic E-state index is 0.306. The second-order valence-corrected chi connectivity index (χ2v) is 6.69. The van der Waals surface area contributed by atoms with Gasteiger partial charge in [0, 0.05) is 11.1 Å². The van der Waals surface area contributed by atoms with E-state index in [1.54, 1.807) is 36.4 Å². The molecule has 0 bridgehead atoms. The van der Waals surface area contributed by atoms with Gasteiger partial charge in [-0.2, -0.15) is 0 Å². The summed E-state index contributed by atoms with van der Waals surface area (Å²) in [7, 11) is 0. The predicted octanol–water partition coefficient (Wildman–Crippen LogP) is 7.29. The third kappa shape index (κ3) is 3.26. The summed E-state index contributed by atoms with van der Waals surface area (Å²) in [5, 5.41) is 0.999. The van der Waals surface area contributed by atoms with Gasteiger partial charge in [0.15, 0.2) is 11.6 Å². The zero-order valence-electron chi connectivity index (χ0n) is 15.1. The Morgan fingerprint density at radius 2 is 1.11 bits per heavy atom. The van der Waals surface area contributed by atoms with Crippen molar-refractivity contribution >= 4 is 10.8 Å². The van der Waals surface area contributed by atoms with Crippen molar-refractivity contribution < 1.29 is 17.6 Å². The lowest BCUT2D eigenvalue weighted by Gasteiger charge is -2.10. The summed E-state index contributed by atoms with van der Waals surface area (Å²) in [5.74, 6) is -2.79. The Hall–Kier alpha value is -3.14. The first kappa shape index (κ1) is 18.2. The van der Waals surface area contributed by atoms with Gasteiger partial charge in [0.25, 0.3) is 0 Å². The van der Waals surface area contributed by atoms with Crippen molar-refractivity contribution in [3.63, 3.8) is 0 Å². The van der Waals surface area contributed by atoms with Crippen LogP contribution >= 0.6 is 0 Å². The summed E-state index contributed by atoms with van der Waals surface area (Å²) in [6, 6.07) is 16.5. The van der Waals surface area contributed by atoms with Crippen LogP contribution in [0, 0.1) is 23.3 Å². The zero-order chi connectivity index (χ0) is 19.8. The molecule has 0 atom stereocenters. The maximum absolute atomic E-state index is 14.8. The van der Waals surface area contributed by atoms with E-state index in [0.717, 1.165) is 24.1 Å². The molecular formula is C24H16F4. The molecule has 4 aromatic carbocycles. The number of fused-ring (bicyclic) bond motifs is 1. The quantitative estimate of drug-likeness (QED) is 0.327. The van der Waals surface area contributed by atoms with Crippen LogP contribution < -0.4 is 0 Å². The monoisotopic (exact) mass is 380 g/mol. The van der Waals surface area contributed by atoms with Crippen molar-refractivity contribution in [2.24, 2.45) is 0 Å². The first-order valence-corrected chi connectivity index (χ1v) is 8.94. The Morgan fingerprint density at radius 1 is 0.536 bits per heavy atom. The molecule has 0 radical (unpaired) electrons. The molecule has 0 saturated heterocycles. The lowest BCUT2D eigenvalue weighted by molar-refractivity contribution is 0.511. The van der Waals surface area contributed by atoms with Crippen LogP contribution in [-0.2, 0) is 6.42 Å². The van der Waals surface area contributed by atoms with Crippen molar-refractivity contribution in [3.05, 3.63) is 95.6 Å². The number of halogens is 4. The minimum Gasteiger partial charge on any atom is -0.206 e. The summed E-state index contributed by atoms with van der Waals surface area (Å²) in [6.45, 7) is 1.94. The van der Waals surface area contributed by atoms with Gasteiger partial charge in [0.1, 0.15) is 11.6 Å². The van der Waals surface area contributed by atoms with Crippen LogP contribution in [0.2, 0.25) is 0 Å². The van der Waals surface area contributed by atoms with Crippen LogP contribution in [0.15, 0.2) is 66.7 Å². The number of benzene rings is 4. The first-order valence-electron chi connectivity index (χ1n) is 8.94. The summed E-state index contributed by atoms with van der Waals surface area (Å²) in [4.78, 5) is 0. The van der Waals surface area contributed by atoms with Crippen LogP contribution in [0.1, 0.15) is 12.5 Å². The van der Waals surface area contributed by atoms with Gasteiger partial charge >= 0.3 is 0 Å². The normalized spacial score (nSPS) is 11.2. The van der Waals surface area contributed by atoms with Crippen LogP contribution in [0.4, 0.5) is 17.6 Å². The van der Waals surface area contributed by atoms with Gasteiger partial charge in [-0.15, -0.1) is 0 Å². The molecule has 0 nitrogen and oxygen atoms in total. The second-order valence-electron chi connectivity index (χ2n) is 6.69. The van der Waals surface area contributed by atoms with E-state index in [-0.39, 0.29) is 0 Å². The maximum atomic E-state index is 14.8. The lowest BCUT2D eigenvalue weighted by atomic mass is 9.97. The Kier molecular flexibility index (Phi) is 4.63. The van der Waals surface area contributed by atoms with Crippen molar-refractivity contribution in [2.45, 2.75) is 13.3 Å². The Balaban J connectivity index is 1.76. The molecule has 0 aliphatic rings. The molecule has 0 N–H and O–H groups in total. The smallest absolute Gasteiger partial charge is 0.159 e. The molecule has 4 rings (SSSR count). The van der Waals surface area contributed by atoms with E-state index in [4.69, 9.17) is 0 Å². The molecule has 0 spiro atoms. The Labute approximate surface area is 160 Å². The molecule has 0 saturated carbocycles. The van der Waals surface area contributed by atoms with E-state index in [0.29, 0.717) is 33.0 Å². The summed E-state index contributed by atoms with van der Waals surface area (Å²) < 4.78 is 56.0. The largest absolute Gasteiger partial charge is 0.206 e. The highest BCUT2D eigenvalue weighted by atomic mass is 19.2. The molecule has 0 fully saturated rings. The Morgan fingerprint density at radius 3 is 1.75 bits per heavy atom. The van der Waals surface area contributed by atoms with Crippen molar-refractivity contribution in [3.8, 4) is 22.3 Å². The maximum Gasteiger partial charge on any atom is 0.159 e. The fraction of sp³-hybridized carbons (Fsp3) is 0.0833. The predicted molar refractivity (Wildman–Crippen MR) is 104 cm³/mol. The van der Waals surface area contributed by atoms with E-state index in [2.05, 4.69) is 0 Å². The highest BCUT2D eigenvalue weighted by molar-refractivity contribution is 5.88. The number of rotatable bonds is 3. The summed E-state index contributed by atoms with van der Waals surface area (Å²) >= 11 is 0. The zero-order valence-corrected chi connectivity index (χ0v) is 15.1. The Bertz CT molecular complexity index is 1190. The van der Waals surface area contributed by atoms with Crippen molar-refractivity contribution in [1.29, 1.82) is 0 Å². The van der Waals surface area contributed by atoms with Crippen molar-refractivity contribution in [1.82, 2.24) is 0 Å². The molecule has 0 heterocycles. The van der Waals surface area contributed by atoms with E-state index in [1.807, 2.05) is 13.0 Å².